The van der Waals surface area contributed by atoms with Gasteiger partial charge in [-0.15, -0.1) is 0 Å². The van der Waals surface area contributed by atoms with Crippen molar-refractivity contribution in [3.8, 4) is 0 Å². The molecule has 2 saturated carbocycles. The SMILES string of the molecule is C=C1CCC2[C@](C)(CO)[C@H](O)CC[C@@]2(C)[C@@H]1C/C=C1/C(=O)OC[C@H]1OC(=O)/C=C/c1ccc(Cl)cc1. The molecule has 0 bridgehead atoms. The summed E-state index contributed by atoms with van der Waals surface area (Å²) in [6, 6.07) is 7.04. The van der Waals surface area contributed by atoms with Crippen molar-refractivity contribution < 1.29 is 29.3 Å². The largest absolute Gasteiger partial charge is 0.458 e. The molecule has 0 spiro atoms. The minimum atomic E-state index is -0.767. The fraction of sp³-hybridized carbons (Fsp3) is 0.517. The summed E-state index contributed by atoms with van der Waals surface area (Å²) in [7, 11) is 0. The first-order valence-corrected chi connectivity index (χ1v) is 12.9. The van der Waals surface area contributed by atoms with Crippen molar-refractivity contribution in [2.75, 3.05) is 13.2 Å². The Morgan fingerprint density at radius 1 is 1.28 bits per heavy atom. The molecule has 0 radical (unpaired) electrons. The number of hydrogen-bond donors (Lipinski definition) is 2. The Bertz CT molecular complexity index is 1080. The van der Waals surface area contributed by atoms with Crippen LogP contribution in [0.4, 0.5) is 0 Å². The number of halogens is 1. The summed E-state index contributed by atoms with van der Waals surface area (Å²) in [5.74, 6) is -0.823. The van der Waals surface area contributed by atoms with E-state index < -0.39 is 29.6 Å². The van der Waals surface area contributed by atoms with Gasteiger partial charge in [0.25, 0.3) is 0 Å². The van der Waals surface area contributed by atoms with E-state index in [4.69, 9.17) is 21.1 Å². The van der Waals surface area contributed by atoms with E-state index in [1.807, 2.05) is 13.0 Å². The lowest BCUT2D eigenvalue weighted by Crippen LogP contribution is -2.57. The Balaban J connectivity index is 1.48. The molecule has 6 nitrogen and oxygen atoms in total. The molecule has 4 rings (SSSR count). The van der Waals surface area contributed by atoms with Gasteiger partial charge in [-0.05, 0) is 73.1 Å². The van der Waals surface area contributed by atoms with Gasteiger partial charge < -0.3 is 19.7 Å². The normalized spacial score (nSPS) is 35.6. The summed E-state index contributed by atoms with van der Waals surface area (Å²) in [5.41, 5.74) is 1.53. The molecule has 2 aliphatic carbocycles. The second kappa shape index (κ2) is 10.5. The lowest BCUT2D eigenvalue weighted by molar-refractivity contribution is -0.151. The number of cyclic esters (lactones) is 1. The van der Waals surface area contributed by atoms with Gasteiger partial charge in [-0.1, -0.05) is 55.8 Å². The molecule has 0 amide bonds. The van der Waals surface area contributed by atoms with E-state index in [1.165, 1.54) is 6.08 Å². The van der Waals surface area contributed by atoms with Gasteiger partial charge in [-0.25, -0.2) is 9.59 Å². The number of esters is 2. The van der Waals surface area contributed by atoms with Crippen LogP contribution in [0.1, 0.15) is 51.5 Å². The van der Waals surface area contributed by atoms with Crippen molar-refractivity contribution in [1.82, 2.24) is 0 Å². The zero-order chi connectivity index (χ0) is 26.1. The minimum Gasteiger partial charge on any atom is -0.458 e. The summed E-state index contributed by atoms with van der Waals surface area (Å²) in [6.07, 6.45) is 7.16. The number of carbonyl (C=O) groups excluding carboxylic acids is 2. The standard InChI is InChI=1S/C29H35ClO6/c1-18-4-12-24-28(2,15-14-25(32)29(24,3)17-31)22(18)11-10-21-23(16-35-27(21)34)36-26(33)13-7-19-5-8-20(30)9-6-19/h5-10,13,22-25,31-32H,1,4,11-12,14-17H2,2-3H3/b13-7+,21-10+/t22-,23-,24?,25-,28+,29+/m1/s1. The van der Waals surface area contributed by atoms with Crippen molar-refractivity contribution in [3.63, 3.8) is 0 Å². The summed E-state index contributed by atoms with van der Waals surface area (Å²) in [4.78, 5) is 24.9. The highest BCUT2D eigenvalue weighted by Gasteiger charge is 2.57. The van der Waals surface area contributed by atoms with Crippen molar-refractivity contribution in [3.05, 3.63) is 64.7 Å². The van der Waals surface area contributed by atoms with Crippen molar-refractivity contribution in [2.45, 2.75) is 58.2 Å². The highest BCUT2D eigenvalue weighted by Crippen LogP contribution is 2.61. The number of aliphatic hydroxyl groups excluding tert-OH is 2. The van der Waals surface area contributed by atoms with Crippen LogP contribution in [0.25, 0.3) is 6.08 Å². The highest BCUT2D eigenvalue weighted by molar-refractivity contribution is 6.30. The third-order valence-electron chi connectivity index (χ3n) is 8.76. The highest BCUT2D eigenvalue weighted by atomic mass is 35.5. The van der Waals surface area contributed by atoms with Crippen LogP contribution in [0, 0.1) is 22.7 Å². The van der Waals surface area contributed by atoms with Crippen LogP contribution < -0.4 is 0 Å². The number of allylic oxidation sites excluding steroid dienone is 2. The topological polar surface area (TPSA) is 93.1 Å². The number of aliphatic hydroxyl groups is 2. The molecule has 1 aromatic rings. The van der Waals surface area contributed by atoms with E-state index in [2.05, 4.69) is 13.5 Å². The first kappa shape index (κ1) is 26.6. The number of rotatable bonds is 6. The number of fused-ring (bicyclic) bond motifs is 1. The minimum absolute atomic E-state index is 0.00846. The molecule has 3 aliphatic rings. The van der Waals surface area contributed by atoms with E-state index in [9.17, 15) is 19.8 Å². The molecule has 2 N–H and O–H groups in total. The zero-order valence-electron chi connectivity index (χ0n) is 20.9. The van der Waals surface area contributed by atoms with Crippen LogP contribution >= 0.6 is 11.6 Å². The van der Waals surface area contributed by atoms with Crippen molar-refractivity contribution >= 4 is 29.6 Å². The lowest BCUT2D eigenvalue weighted by atomic mass is 9.46. The van der Waals surface area contributed by atoms with E-state index in [-0.39, 0.29) is 30.5 Å². The molecule has 1 unspecified atom stereocenters. The molecule has 1 heterocycles. The molecule has 1 saturated heterocycles. The van der Waals surface area contributed by atoms with Crippen LogP contribution in [0.3, 0.4) is 0 Å². The molecule has 0 aromatic heterocycles. The number of hydrogen-bond acceptors (Lipinski definition) is 6. The molecular weight excluding hydrogens is 480 g/mol. The van der Waals surface area contributed by atoms with Gasteiger partial charge in [0.2, 0.25) is 0 Å². The fourth-order valence-corrected chi connectivity index (χ4v) is 6.69. The number of ether oxygens (including phenoxy) is 2. The van der Waals surface area contributed by atoms with Gasteiger partial charge in [0, 0.05) is 16.5 Å². The first-order chi connectivity index (χ1) is 17.1. The average Bonchev–Trinajstić information content (AvgIpc) is 3.19. The predicted molar refractivity (Wildman–Crippen MR) is 138 cm³/mol. The van der Waals surface area contributed by atoms with Crippen LogP contribution in [-0.2, 0) is 19.1 Å². The van der Waals surface area contributed by atoms with E-state index in [0.29, 0.717) is 23.4 Å². The third-order valence-corrected chi connectivity index (χ3v) is 9.01. The molecular formula is C29H35ClO6. The maximum atomic E-state index is 12.5. The quantitative estimate of drug-likeness (QED) is 0.319. The van der Waals surface area contributed by atoms with Gasteiger partial charge in [-0.3, -0.25) is 0 Å². The Kier molecular flexibility index (Phi) is 7.79. The van der Waals surface area contributed by atoms with E-state index in [1.54, 1.807) is 30.3 Å². The van der Waals surface area contributed by atoms with Crippen molar-refractivity contribution in [1.29, 1.82) is 0 Å². The Labute approximate surface area is 217 Å². The van der Waals surface area contributed by atoms with Crippen LogP contribution in [0.5, 0.6) is 0 Å². The maximum Gasteiger partial charge on any atom is 0.337 e. The van der Waals surface area contributed by atoms with Gasteiger partial charge in [0.05, 0.1) is 18.3 Å². The first-order valence-electron chi connectivity index (χ1n) is 12.6. The fourth-order valence-electron chi connectivity index (χ4n) is 6.57. The van der Waals surface area contributed by atoms with Gasteiger partial charge in [0.15, 0.2) is 6.10 Å². The smallest absolute Gasteiger partial charge is 0.337 e. The lowest BCUT2D eigenvalue weighted by Gasteiger charge is -2.59. The third kappa shape index (κ3) is 5.04. The van der Waals surface area contributed by atoms with E-state index in [0.717, 1.165) is 30.4 Å². The predicted octanol–water partition coefficient (Wildman–Crippen LogP) is 4.88. The average molecular weight is 515 g/mol. The monoisotopic (exact) mass is 514 g/mol. The number of carbonyl (C=O) groups is 2. The Morgan fingerprint density at radius 3 is 2.69 bits per heavy atom. The zero-order valence-corrected chi connectivity index (χ0v) is 21.7. The molecule has 36 heavy (non-hydrogen) atoms. The summed E-state index contributed by atoms with van der Waals surface area (Å²) >= 11 is 5.89. The van der Waals surface area contributed by atoms with Crippen molar-refractivity contribution in [2.24, 2.45) is 22.7 Å². The molecule has 6 atom stereocenters. The Morgan fingerprint density at radius 2 is 2.00 bits per heavy atom. The second-order valence-electron chi connectivity index (χ2n) is 10.8. The van der Waals surface area contributed by atoms with Crippen LogP contribution in [0.15, 0.2) is 54.1 Å². The second-order valence-corrected chi connectivity index (χ2v) is 11.3. The van der Waals surface area contributed by atoms with Gasteiger partial charge in [-0.2, -0.15) is 0 Å². The molecule has 1 aliphatic heterocycles. The molecule has 194 valence electrons. The molecule has 7 heteroatoms. The number of benzene rings is 1. The summed E-state index contributed by atoms with van der Waals surface area (Å²) in [5, 5.41) is 21.5. The van der Waals surface area contributed by atoms with E-state index >= 15 is 0 Å². The van der Waals surface area contributed by atoms with Gasteiger partial charge >= 0.3 is 11.9 Å². The summed E-state index contributed by atoms with van der Waals surface area (Å²) < 4.78 is 10.8. The maximum absolute atomic E-state index is 12.5. The van der Waals surface area contributed by atoms with Crippen LogP contribution in [-0.4, -0.2) is 47.6 Å². The molecule has 3 fully saturated rings. The van der Waals surface area contributed by atoms with Crippen LogP contribution in [0.2, 0.25) is 5.02 Å². The summed E-state index contributed by atoms with van der Waals surface area (Å²) in [6.45, 7) is 8.46. The Hall–Kier alpha value is -2.41. The molecule has 1 aromatic carbocycles. The van der Waals surface area contributed by atoms with Gasteiger partial charge in [0.1, 0.15) is 6.61 Å².